The van der Waals surface area contributed by atoms with E-state index >= 15 is 0 Å². The number of benzene rings is 2. The molecule has 3 rings (SSSR count). The Bertz CT molecular complexity index is 757. The SMILES string of the molecule is COc1ccc(OC)c(C(=O)Nc2ccccc2CN2CCOCC2)c1. The van der Waals surface area contributed by atoms with Crippen LogP contribution in [-0.2, 0) is 11.3 Å². The molecule has 6 nitrogen and oxygen atoms in total. The molecule has 0 aromatic heterocycles. The Morgan fingerprint density at radius 2 is 1.88 bits per heavy atom. The van der Waals surface area contributed by atoms with Crippen molar-refractivity contribution in [3.8, 4) is 11.5 Å². The van der Waals surface area contributed by atoms with Gasteiger partial charge in [-0.05, 0) is 29.8 Å². The van der Waals surface area contributed by atoms with Gasteiger partial charge in [0.05, 0.1) is 33.0 Å². The average Bonchev–Trinajstić information content (AvgIpc) is 2.69. The van der Waals surface area contributed by atoms with Crippen molar-refractivity contribution in [1.29, 1.82) is 0 Å². The minimum Gasteiger partial charge on any atom is -0.497 e. The number of carbonyl (C=O) groups is 1. The number of carbonyl (C=O) groups excluding carboxylic acids is 1. The first-order valence-electron chi connectivity index (χ1n) is 8.62. The lowest BCUT2D eigenvalue weighted by Crippen LogP contribution is -2.35. The van der Waals surface area contributed by atoms with E-state index in [2.05, 4.69) is 10.2 Å². The van der Waals surface area contributed by atoms with Gasteiger partial charge in [-0.2, -0.15) is 0 Å². The topological polar surface area (TPSA) is 60.0 Å². The van der Waals surface area contributed by atoms with Crippen molar-refractivity contribution in [2.75, 3.05) is 45.8 Å². The van der Waals surface area contributed by atoms with Gasteiger partial charge in [-0.3, -0.25) is 9.69 Å². The van der Waals surface area contributed by atoms with E-state index in [-0.39, 0.29) is 5.91 Å². The molecule has 1 aliphatic rings. The number of hydrogen-bond acceptors (Lipinski definition) is 5. The van der Waals surface area contributed by atoms with Crippen molar-refractivity contribution in [3.63, 3.8) is 0 Å². The quantitative estimate of drug-likeness (QED) is 0.862. The predicted octanol–water partition coefficient (Wildman–Crippen LogP) is 2.79. The summed E-state index contributed by atoms with van der Waals surface area (Å²) in [6, 6.07) is 13.0. The normalized spacial score (nSPS) is 14.7. The van der Waals surface area contributed by atoms with E-state index in [1.807, 2.05) is 24.3 Å². The Kier molecular flexibility index (Phi) is 6.09. The summed E-state index contributed by atoms with van der Waals surface area (Å²) in [5.41, 5.74) is 2.31. The van der Waals surface area contributed by atoms with Crippen LogP contribution in [0.2, 0.25) is 0 Å². The molecule has 0 spiro atoms. The molecule has 0 unspecified atom stereocenters. The van der Waals surface area contributed by atoms with E-state index < -0.39 is 0 Å². The number of morpholine rings is 1. The number of anilines is 1. The Labute approximate surface area is 153 Å². The molecule has 0 atom stereocenters. The van der Waals surface area contributed by atoms with Gasteiger partial charge in [-0.15, -0.1) is 0 Å². The van der Waals surface area contributed by atoms with Crippen LogP contribution in [0.15, 0.2) is 42.5 Å². The number of nitrogens with one attached hydrogen (secondary N) is 1. The van der Waals surface area contributed by atoms with E-state index in [1.54, 1.807) is 32.4 Å². The van der Waals surface area contributed by atoms with Crippen LogP contribution < -0.4 is 14.8 Å². The van der Waals surface area contributed by atoms with Gasteiger partial charge in [0.25, 0.3) is 5.91 Å². The number of ether oxygens (including phenoxy) is 3. The maximum absolute atomic E-state index is 12.8. The van der Waals surface area contributed by atoms with Crippen LogP contribution in [0, 0.1) is 0 Å². The number of rotatable bonds is 6. The molecular formula is C20H24N2O4. The number of hydrogen-bond donors (Lipinski definition) is 1. The Morgan fingerprint density at radius 1 is 1.12 bits per heavy atom. The molecule has 1 saturated heterocycles. The third-order valence-electron chi connectivity index (χ3n) is 4.41. The summed E-state index contributed by atoms with van der Waals surface area (Å²) in [6.07, 6.45) is 0. The van der Waals surface area contributed by atoms with Crippen LogP contribution in [0.25, 0.3) is 0 Å². The molecule has 0 radical (unpaired) electrons. The summed E-state index contributed by atoms with van der Waals surface area (Å²) in [4.78, 5) is 15.1. The molecule has 2 aromatic carbocycles. The van der Waals surface area contributed by atoms with Crippen molar-refractivity contribution in [1.82, 2.24) is 4.90 Å². The van der Waals surface area contributed by atoms with Gasteiger partial charge in [-0.1, -0.05) is 18.2 Å². The molecule has 1 heterocycles. The molecule has 0 aliphatic carbocycles. The Hall–Kier alpha value is -2.57. The van der Waals surface area contributed by atoms with Gasteiger partial charge >= 0.3 is 0 Å². The Morgan fingerprint density at radius 3 is 2.62 bits per heavy atom. The second-order valence-electron chi connectivity index (χ2n) is 6.07. The minimum atomic E-state index is -0.227. The summed E-state index contributed by atoms with van der Waals surface area (Å²) in [6.45, 7) is 4.05. The first-order valence-corrected chi connectivity index (χ1v) is 8.62. The van der Waals surface area contributed by atoms with Crippen LogP contribution in [0.3, 0.4) is 0 Å². The largest absolute Gasteiger partial charge is 0.497 e. The standard InChI is InChI=1S/C20H24N2O4/c1-24-16-7-8-19(25-2)17(13-16)20(23)21-18-6-4-3-5-15(18)14-22-9-11-26-12-10-22/h3-8,13H,9-12,14H2,1-2H3,(H,21,23). The summed E-state index contributed by atoms with van der Waals surface area (Å²) >= 11 is 0. The van der Waals surface area contributed by atoms with Crippen molar-refractivity contribution >= 4 is 11.6 Å². The average molecular weight is 356 g/mol. The van der Waals surface area contributed by atoms with Crippen molar-refractivity contribution in [2.24, 2.45) is 0 Å². The fourth-order valence-electron chi connectivity index (χ4n) is 2.96. The second kappa shape index (κ2) is 8.69. The van der Waals surface area contributed by atoms with E-state index in [0.29, 0.717) is 17.1 Å². The van der Waals surface area contributed by atoms with Crippen LogP contribution >= 0.6 is 0 Å². The van der Waals surface area contributed by atoms with Crippen molar-refractivity contribution in [2.45, 2.75) is 6.54 Å². The highest BCUT2D eigenvalue weighted by Crippen LogP contribution is 2.26. The number of para-hydroxylation sites is 1. The third kappa shape index (κ3) is 4.33. The Balaban J connectivity index is 1.79. The molecule has 26 heavy (non-hydrogen) atoms. The van der Waals surface area contributed by atoms with Crippen LogP contribution in [0.5, 0.6) is 11.5 Å². The summed E-state index contributed by atoms with van der Waals surface area (Å²) in [5.74, 6) is 0.890. The van der Waals surface area contributed by atoms with Crippen molar-refractivity contribution in [3.05, 3.63) is 53.6 Å². The predicted molar refractivity (Wildman–Crippen MR) is 100 cm³/mol. The number of amides is 1. The highest BCUT2D eigenvalue weighted by molar-refractivity contribution is 6.06. The fourth-order valence-corrected chi connectivity index (χ4v) is 2.96. The van der Waals surface area contributed by atoms with E-state index in [4.69, 9.17) is 14.2 Å². The van der Waals surface area contributed by atoms with E-state index in [1.165, 1.54) is 0 Å². The summed E-state index contributed by atoms with van der Waals surface area (Å²) in [5, 5.41) is 3.01. The summed E-state index contributed by atoms with van der Waals surface area (Å²) < 4.78 is 15.9. The third-order valence-corrected chi connectivity index (χ3v) is 4.41. The van der Waals surface area contributed by atoms with E-state index in [0.717, 1.165) is 44.1 Å². The first kappa shape index (κ1) is 18.2. The maximum atomic E-state index is 12.8. The van der Waals surface area contributed by atoms with Crippen LogP contribution in [0.1, 0.15) is 15.9 Å². The molecule has 6 heteroatoms. The number of methoxy groups -OCH3 is 2. The van der Waals surface area contributed by atoms with Crippen LogP contribution in [-0.4, -0.2) is 51.3 Å². The molecule has 2 aromatic rings. The molecular weight excluding hydrogens is 332 g/mol. The zero-order valence-corrected chi connectivity index (χ0v) is 15.2. The minimum absolute atomic E-state index is 0.227. The molecule has 1 aliphatic heterocycles. The lowest BCUT2D eigenvalue weighted by Gasteiger charge is -2.27. The molecule has 138 valence electrons. The highest BCUT2D eigenvalue weighted by Gasteiger charge is 2.17. The zero-order chi connectivity index (χ0) is 18.4. The van der Waals surface area contributed by atoms with Crippen molar-refractivity contribution < 1.29 is 19.0 Å². The molecule has 1 amide bonds. The van der Waals surface area contributed by atoms with Gasteiger partial charge in [0.1, 0.15) is 11.5 Å². The molecule has 0 saturated carbocycles. The molecule has 1 N–H and O–H groups in total. The number of nitrogens with zero attached hydrogens (tertiary/aromatic N) is 1. The maximum Gasteiger partial charge on any atom is 0.259 e. The van der Waals surface area contributed by atoms with Crippen LogP contribution in [0.4, 0.5) is 5.69 Å². The monoisotopic (exact) mass is 356 g/mol. The zero-order valence-electron chi connectivity index (χ0n) is 15.2. The van der Waals surface area contributed by atoms with Gasteiger partial charge in [0.15, 0.2) is 0 Å². The smallest absolute Gasteiger partial charge is 0.259 e. The lowest BCUT2D eigenvalue weighted by atomic mass is 10.1. The lowest BCUT2D eigenvalue weighted by molar-refractivity contribution is 0.0342. The second-order valence-corrected chi connectivity index (χ2v) is 6.07. The highest BCUT2D eigenvalue weighted by atomic mass is 16.5. The molecule has 0 bridgehead atoms. The van der Waals surface area contributed by atoms with Gasteiger partial charge in [0.2, 0.25) is 0 Å². The fraction of sp³-hybridized carbons (Fsp3) is 0.350. The summed E-state index contributed by atoms with van der Waals surface area (Å²) in [7, 11) is 3.12. The van der Waals surface area contributed by atoms with E-state index in [9.17, 15) is 4.79 Å². The van der Waals surface area contributed by atoms with Gasteiger partial charge < -0.3 is 19.5 Å². The molecule has 1 fully saturated rings. The van der Waals surface area contributed by atoms with Gasteiger partial charge in [0, 0.05) is 25.3 Å². The first-order chi connectivity index (χ1) is 12.7. The van der Waals surface area contributed by atoms with Gasteiger partial charge in [-0.25, -0.2) is 0 Å².